The van der Waals surface area contributed by atoms with Gasteiger partial charge in [-0.25, -0.2) is 0 Å². The van der Waals surface area contributed by atoms with Gasteiger partial charge in [-0.15, -0.1) is 0 Å². The maximum absolute atomic E-state index is 7.36. The monoisotopic (exact) mass is 854 g/mol. The standard InChI is InChI=1S/C33H52OS2.2C3H7.2Sn/c1-3-5-7-9-11-13-15-17-19-21-25-33(26-22-20-18-16-14-12-10-8-6-4-2)29-23-27-35-31(29)32-30(34-33)24-28-36-32;2*1-3-2;;/h23-24H,3-22,25-26H2,1-2H3;2*3H,1-2H3;;. The second-order valence-corrected chi connectivity index (χ2v) is 29.7. The zero-order chi connectivity index (χ0) is 31.6. The molecule has 3 heterocycles. The van der Waals surface area contributed by atoms with Crippen molar-refractivity contribution in [3.8, 4) is 15.5 Å². The number of hydrogen-bond donors (Lipinski definition) is 0. The first kappa shape index (κ1) is 39.2. The van der Waals surface area contributed by atoms with Crippen LogP contribution in [-0.4, -0.2) is 42.3 Å². The van der Waals surface area contributed by atoms with Gasteiger partial charge in [0.15, 0.2) is 0 Å². The molecule has 0 bridgehead atoms. The molecule has 1 aliphatic heterocycles. The van der Waals surface area contributed by atoms with Crippen molar-refractivity contribution in [1.82, 2.24) is 0 Å². The van der Waals surface area contributed by atoms with Crippen molar-refractivity contribution in [3.63, 3.8) is 0 Å². The molecule has 0 spiro atoms. The zero-order valence-electron chi connectivity index (χ0n) is 29.6. The van der Waals surface area contributed by atoms with Crippen LogP contribution in [0.3, 0.4) is 0 Å². The molecular formula is C39H66OS2Sn2. The van der Waals surface area contributed by atoms with Gasteiger partial charge < -0.3 is 0 Å². The average molecular weight is 853 g/mol. The molecule has 1 nitrogen and oxygen atoms in total. The number of fused-ring (bicyclic) bond motifs is 3. The summed E-state index contributed by atoms with van der Waals surface area (Å²) in [6.07, 6.45) is 30.5. The molecule has 4 radical (unpaired) electrons. The molecule has 0 unspecified atom stereocenters. The minimum atomic E-state index is -0.553. The van der Waals surface area contributed by atoms with Crippen molar-refractivity contribution in [3.05, 3.63) is 17.7 Å². The second kappa shape index (κ2) is 22.4. The van der Waals surface area contributed by atoms with E-state index in [9.17, 15) is 0 Å². The summed E-state index contributed by atoms with van der Waals surface area (Å²) in [5, 5.41) is 0. The van der Waals surface area contributed by atoms with Gasteiger partial charge in [0.1, 0.15) is 0 Å². The van der Waals surface area contributed by atoms with E-state index in [2.05, 4.69) is 76.3 Å². The van der Waals surface area contributed by atoms with E-state index in [1.807, 2.05) is 0 Å². The Morgan fingerprint density at radius 2 is 0.932 bits per heavy atom. The summed E-state index contributed by atoms with van der Waals surface area (Å²) in [6.45, 7) is 14.4. The molecule has 3 rings (SSSR count). The molecule has 0 atom stereocenters. The second-order valence-electron chi connectivity index (χ2n) is 14.2. The molecule has 2 aromatic heterocycles. The summed E-state index contributed by atoms with van der Waals surface area (Å²) < 4.78 is 12.5. The molecule has 248 valence electrons. The van der Waals surface area contributed by atoms with Gasteiger partial charge in [0.2, 0.25) is 0 Å². The Labute approximate surface area is 302 Å². The molecule has 0 amide bonds. The van der Waals surface area contributed by atoms with Crippen LogP contribution in [0.5, 0.6) is 5.75 Å². The molecular weight excluding hydrogens is 786 g/mol. The summed E-state index contributed by atoms with van der Waals surface area (Å²) in [5.74, 6) is 1.27. The van der Waals surface area contributed by atoms with E-state index in [-0.39, 0.29) is 5.60 Å². The van der Waals surface area contributed by atoms with Gasteiger partial charge in [0, 0.05) is 0 Å². The van der Waals surface area contributed by atoms with Gasteiger partial charge in [-0.1, -0.05) is 52.4 Å². The van der Waals surface area contributed by atoms with E-state index >= 15 is 0 Å². The maximum atomic E-state index is 7.36. The predicted octanol–water partition coefficient (Wildman–Crippen LogP) is 13.0. The van der Waals surface area contributed by atoms with Gasteiger partial charge in [-0.2, -0.15) is 0 Å². The van der Waals surface area contributed by atoms with Crippen LogP contribution in [0.15, 0.2) is 12.1 Å². The van der Waals surface area contributed by atoms with E-state index in [1.165, 1.54) is 152 Å². The molecule has 1 aliphatic rings. The normalized spacial score (nSPS) is 13.9. The Morgan fingerprint density at radius 3 is 1.36 bits per heavy atom. The molecule has 0 aliphatic carbocycles. The fraction of sp³-hybridized carbons (Fsp3) is 0.795. The number of rotatable bonds is 26. The van der Waals surface area contributed by atoms with Crippen molar-refractivity contribution < 1.29 is 4.74 Å². The molecule has 0 N–H and O–H groups in total. The Morgan fingerprint density at radius 1 is 0.545 bits per heavy atom. The summed E-state index contributed by atoms with van der Waals surface area (Å²) in [5.41, 5.74) is 1.52. The summed E-state index contributed by atoms with van der Waals surface area (Å²) in [4.78, 5) is 3.12. The number of hydrogen-bond acceptors (Lipinski definition) is 3. The third-order valence-corrected chi connectivity index (χ3v) is 20.3. The molecule has 0 aromatic carbocycles. The van der Waals surface area contributed by atoms with Gasteiger partial charge >= 0.3 is 253 Å². The van der Waals surface area contributed by atoms with Gasteiger partial charge in [0.05, 0.1) is 0 Å². The Bertz CT molecular complexity index is 999. The van der Waals surface area contributed by atoms with E-state index in [0.29, 0.717) is 0 Å². The molecule has 44 heavy (non-hydrogen) atoms. The van der Waals surface area contributed by atoms with Gasteiger partial charge in [0.25, 0.3) is 0 Å². The van der Waals surface area contributed by atoms with Crippen molar-refractivity contribution >= 4 is 70.7 Å². The molecule has 0 saturated carbocycles. The van der Waals surface area contributed by atoms with Crippen molar-refractivity contribution in [1.29, 1.82) is 0 Å². The fourth-order valence-electron chi connectivity index (χ4n) is 6.78. The summed E-state index contributed by atoms with van der Waals surface area (Å²) in [7, 11) is 0. The molecule has 2 aromatic rings. The van der Waals surface area contributed by atoms with E-state index < -0.39 is 42.3 Å². The van der Waals surface area contributed by atoms with Crippen LogP contribution in [0.25, 0.3) is 9.75 Å². The van der Waals surface area contributed by atoms with Crippen LogP contribution >= 0.6 is 22.7 Å². The number of thiophene rings is 2. The summed E-state index contributed by atoms with van der Waals surface area (Å²) >= 11 is 3.19. The van der Waals surface area contributed by atoms with E-state index in [0.717, 1.165) is 7.87 Å². The van der Waals surface area contributed by atoms with Gasteiger partial charge in [-0.05, 0) is 0 Å². The molecule has 0 saturated heterocycles. The minimum absolute atomic E-state index is 0.0883. The zero-order valence-corrected chi connectivity index (χ0v) is 36.9. The number of ether oxygens (including phenoxy) is 1. The third kappa shape index (κ3) is 13.7. The average Bonchev–Trinajstić information content (AvgIpc) is 3.58. The van der Waals surface area contributed by atoms with Crippen LogP contribution in [0.1, 0.15) is 188 Å². The first-order chi connectivity index (χ1) is 21.4. The fourth-order valence-corrected chi connectivity index (χ4v) is 19.3. The van der Waals surface area contributed by atoms with Gasteiger partial charge in [-0.3, -0.25) is 0 Å². The first-order valence-electron chi connectivity index (χ1n) is 18.9. The number of unbranched alkanes of at least 4 members (excludes halogenated alkanes) is 18. The van der Waals surface area contributed by atoms with E-state index in [4.69, 9.17) is 4.74 Å². The van der Waals surface area contributed by atoms with E-state index in [1.54, 1.807) is 16.2 Å². The van der Waals surface area contributed by atoms with Crippen LogP contribution < -0.4 is 10.5 Å². The Hall–Kier alpha value is 0.797. The van der Waals surface area contributed by atoms with Crippen LogP contribution in [0, 0.1) is 0 Å². The van der Waals surface area contributed by atoms with Crippen molar-refractivity contribution in [2.45, 2.75) is 196 Å². The third-order valence-electron chi connectivity index (χ3n) is 9.16. The van der Waals surface area contributed by atoms with Crippen molar-refractivity contribution in [2.75, 3.05) is 0 Å². The predicted molar refractivity (Wildman–Crippen MR) is 204 cm³/mol. The molecule has 5 heteroatoms. The Kier molecular flexibility index (Phi) is 20.0. The first-order valence-corrected chi connectivity index (χ1v) is 26.7. The summed E-state index contributed by atoms with van der Waals surface area (Å²) in [6, 6.07) is 5.20. The molecule has 0 fully saturated rings. The SMILES string of the molecule is CCCCCCCCCCCCC1(CCCCCCCCCCCC)Oc2c[c]([Sn][CH](C)C)sc2-c2s[c]([Sn][CH](C)C)cc21. The quantitative estimate of drug-likeness (QED) is 0.0677. The Balaban J connectivity index is 1.67. The van der Waals surface area contributed by atoms with Crippen LogP contribution in [-0.2, 0) is 5.60 Å². The van der Waals surface area contributed by atoms with Crippen LogP contribution in [0.2, 0.25) is 7.87 Å². The van der Waals surface area contributed by atoms with Crippen molar-refractivity contribution in [2.24, 2.45) is 0 Å². The van der Waals surface area contributed by atoms with Crippen LogP contribution in [0.4, 0.5) is 0 Å². The topological polar surface area (TPSA) is 9.23 Å².